The molecule has 0 N–H and O–H groups in total. The van der Waals surface area contributed by atoms with Gasteiger partial charge in [-0.2, -0.15) is 0 Å². The van der Waals surface area contributed by atoms with E-state index in [4.69, 9.17) is 9.47 Å². The molecule has 22 heavy (non-hydrogen) atoms. The summed E-state index contributed by atoms with van der Waals surface area (Å²) in [6, 6.07) is 0. The van der Waals surface area contributed by atoms with Crippen LogP contribution in [0, 0.1) is 0 Å². The summed E-state index contributed by atoms with van der Waals surface area (Å²) < 4.78 is 10.4. The molecule has 0 aromatic heterocycles. The summed E-state index contributed by atoms with van der Waals surface area (Å²) in [6.45, 7) is 5.75. The zero-order chi connectivity index (χ0) is 16.6. The van der Waals surface area contributed by atoms with Gasteiger partial charge in [0, 0.05) is 13.3 Å². The zero-order valence-corrected chi connectivity index (χ0v) is 14.7. The van der Waals surface area contributed by atoms with Crippen molar-refractivity contribution in [2.45, 2.75) is 97.5 Å². The second-order valence-corrected chi connectivity index (χ2v) is 5.93. The van der Waals surface area contributed by atoms with Crippen molar-refractivity contribution < 1.29 is 19.1 Å². The van der Waals surface area contributed by atoms with Crippen LogP contribution in [0.2, 0.25) is 0 Å². The first-order valence-electron chi connectivity index (χ1n) is 8.93. The van der Waals surface area contributed by atoms with Crippen molar-refractivity contribution >= 4 is 11.9 Å². The summed E-state index contributed by atoms with van der Waals surface area (Å²) >= 11 is 0. The van der Waals surface area contributed by atoms with E-state index in [-0.39, 0.29) is 24.6 Å². The van der Waals surface area contributed by atoms with E-state index in [0.717, 1.165) is 25.7 Å². The number of ether oxygens (including phenoxy) is 2. The molecule has 4 heteroatoms. The number of rotatable bonds is 14. The molecule has 0 saturated heterocycles. The Labute approximate surface area is 135 Å². The summed E-state index contributed by atoms with van der Waals surface area (Å²) in [5.74, 6) is -0.522. The van der Waals surface area contributed by atoms with Crippen molar-refractivity contribution in [3.63, 3.8) is 0 Å². The Hall–Kier alpha value is -1.06. The van der Waals surface area contributed by atoms with Gasteiger partial charge in [0.2, 0.25) is 0 Å². The van der Waals surface area contributed by atoms with Crippen LogP contribution in [0.15, 0.2) is 0 Å². The van der Waals surface area contributed by atoms with Crippen molar-refractivity contribution in [2.24, 2.45) is 0 Å². The van der Waals surface area contributed by atoms with Gasteiger partial charge in [-0.15, -0.1) is 0 Å². The fraction of sp³-hybridized carbons (Fsp3) is 0.889. The van der Waals surface area contributed by atoms with Crippen LogP contribution in [-0.4, -0.2) is 24.6 Å². The number of hydrogen-bond donors (Lipinski definition) is 0. The molecule has 4 nitrogen and oxygen atoms in total. The Bertz CT molecular complexity index is 289. The Morgan fingerprint density at radius 2 is 1.45 bits per heavy atom. The lowest BCUT2D eigenvalue weighted by Crippen LogP contribution is -2.24. The van der Waals surface area contributed by atoms with E-state index < -0.39 is 0 Å². The molecule has 0 fully saturated rings. The lowest BCUT2D eigenvalue weighted by molar-refractivity contribution is -0.157. The quantitative estimate of drug-likeness (QED) is 0.341. The van der Waals surface area contributed by atoms with Gasteiger partial charge in [0.1, 0.15) is 12.7 Å². The molecule has 130 valence electrons. The summed E-state index contributed by atoms with van der Waals surface area (Å²) in [5, 5.41) is 0. The van der Waals surface area contributed by atoms with Crippen molar-refractivity contribution in [1.29, 1.82) is 0 Å². The van der Waals surface area contributed by atoms with Gasteiger partial charge in [0.05, 0.1) is 0 Å². The normalized spacial score (nSPS) is 12.0. The highest BCUT2D eigenvalue weighted by molar-refractivity contribution is 5.69. The summed E-state index contributed by atoms with van der Waals surface area (Å²) in [6.07, 6.45) is 11.6. The molecule has 0 radical (unpaired) electrons. The molecule has 0 spiro atoms. The molecule has 0 aliphatic rings. The van der Waals surface area contributed by atoms with Crippen molar-refractivity contribution in [2.75, 3.05) is 6.61 Å². The first-order chi connectivity index (χ1) is 10.6. The highest BCUT2D eigenvalue weighted by Crippen LogP contribution is 2.12. The van der Waals surface area contributed by atoms with Gasteiger partial charge in [-0.3, -0.25) is 9.59 Å². The summed E-state index contributed by atoms with van der Waals surface area (Å²) in [7, 11) is 0. The van der Waals surface area contributed by atoms with Gasteiger partial charge in [-0.1, -0.05) is 58.8 Å². The first-order valence-corrected chi connectivity index (χ1v) is 8.93. The van der Waals surface area contributed by atoms with Crippen molar-refractivity contribution in [1.82, 2.24) is 0 Å². The van der Waals surface area contributed by atoms with E-state index in [2.05, 4.69) is 6.92 Å². The molecular formula is C18H34O4. The highest BCUT2D eigenvalue weighted by Gasteiger charge is 2.14. The Kier molecular flexibility index (Phi) is 14.1. The van der Waals surface area contributed by atoms with Gasteiger partial charge >= 0.3 is 11.9 Å². The predicted octanol–water partition coefficient (Wildman–Crippen LogP) is 4.79. The lowest BCUT2D eigenvalue weighted by atomic mass is 10.1. The second kappa shape index (κ2) is 14.9. The SMILES string of the molecule is CCCCCCCCCCC(COC(=O)CCC)OC(C)=O. The Balaban J connectivity index is 3.75. The summed E-state index contributed by atoms with van der Waals surface area (Å²) in [4.78, 5) is 22.5. The standard InChI is InChI=1S/C18H34O4/c1-4-6-7-8-9-10-11-12-14-17(22-16(3)19)15-21-18(20)13-5-2/h17H,4-15H2,1-3H3. The second-order valence-electron chi connectivity index (χ2n) is 5.93. The Morgan fingerprint density at radius 1 is 0.864 bits per heavy atom. The smallest absolute Gasteiger partial charge is 0.305 e. The monoisotopic (exact) mass is 314 g/mol. The van der Waals surface area contributed by atoms with Crippen LogP contribution in [0.25, 0.3) is 0 Å². The molecule has 0 aromatic carbocycles. The maximum Gasteiger partial charge on any atom is 0.305 e. The number of carbonyl (C=O) groups is 2. The lowest BCUT2D eigenvalue weighted by Gasteiger charge is -2.17. The van der Waals surface area contributed by atoms with Crippen LogP contribution in [0.4, 0.5) is 0 Å². The van der Waals surface area contributed by atoms with Crippen LogP contribution >= 0.6 is 0 Å². The number of hydrogen-bond acceptors (Lipinski definition) is 4. The maximum absolute atomic E-state index is 11.4. The molecule has 0 aliphatic heterocycles. The van der Waals surface area contributed by atoms with E-state index in [1.807, 2.05) is 6.92 Å². The van der Waals surface area contributed by atoms with E-state index in [0.29, 0.717) is 6.42 Å². The van der Waals surface area contributed by atoms with Crippen LogP contribution in [0.3, 0.4) is 0 Å². The van der Waals surface area contributed by atoms with E-state index >= 15 is 0 Å². The Morgan fingerprint density at radius 3 is 2.00 bits per heavy atom. The molecular weight excluding hydrogens is 280 g/mol. The van der Waals surface area contributed by atoms with Crippen LogP contribution in [-0.2, 0) is 19.1 Å². The number of esters is 2. The highest BCUT2D eigenvalue weighted by atomic mass is 16.6. The molecule has 1 unspecified atom stereocenters. The van der Waals surface area contributed by atoms with Gasteiger partial charge in [0.15, 0.2) is 0 Å². The van der Waals surface area contributed by atoms with Crippen LogP contribution in [0.5, 0.6) is 0 Å². The molecule has 0 rings (SSSR count). The molecule has 0 aliphatic carbocycles. The van der Waals surface area contributed by atoms with E-state index in [9.17, 15) is 9.59 Å². The molecule has 0 amide bonds. The van der Waals surface area contributed by atoms with Gasteiger partial charge in [-0.25, -0.2) is 0 Å². The largest absolute Gasteiger partial charge is 0.462 e. The summed E-state index contributed by atoms with van der Waals surface area (Å²) in [5.41, 5.74) is 0. The predicted molar refractivity (Wildman–Crippen MR) is 88.6 cm³/mol. The third-order valence-corrected chi connectivity index (χ3v) is 3.60. The van der Waals surface area contributed by atoms with E-state index in [1.54, 1.807) is 0 Å². The third kappa shape index (κ3) is 13.9. The molecule has 0 saturated carbocycles. The molecule has 1 atom stereocenters. The minimum atomic E-state index is -0.309. The molecule has 0 bridgehead atoms. The number of unbranched alkanes of at least 4 members (excludes halogenated alkanes) is 7. The third-order valence-electron chi connectivity index (χ3n) is 3.60. The van der Waals surface area contributed by atoms with Gasteiger partial charge < -0.3 is 9.47 Å². The minimum absolute atomic E-state index is 0.189. The van der Waals surface area contributed by atoms with Crippen molar-refractivity contribution in [3.8, 4) is 0 Å². The van der Waals surface area contributed by atoms with Crippen LogP contribution in [0.1, 0.15) is 91.4 Å². The van der Waals surface area contributed by atoms with Crippen molar-refractivity contribution in [3.05, 3.63) is 0 Å². The maximum atomic E-state index is 11.4. The minimum Gasteiger partial charge on any atom is -0.462 e. The topological polar surface area (TPSA) is 52.6 Å². The fourth-order valence-corrected chi connectivity index (χ4v) is 2.38. The average molecular weight is 314 g/mol. The van der Waals surface area contributed by atoms with Gasteiger partial charge in [0.25, 0.3) is 0 Å². The molecule has 0 aromatic rings. The van der Waals surface area contributed by atoms with Crippen LogP contribution < -0.4 is 0 Å². The first kappa shape index (κ1) is 20.9. The average Bonchev–Trinajstić information content (AvgIpc) is 2.47. The number of carbonyl (C=O) groups excluding carboxylic acids is 2. The molecule has 0 heterocycles. The fourth-order valence-electron chi connectivity index (χ4n) is 2.38. The van der Waals surface area contributed by atoms with Gasteiger partial charge in [-0.05, 0) is 19.3 Å². The van der Waals surface area contributed by atoms with E-state index in [1.165, 1.54) is 45.4 Å². The zero-order valence-electron chi connectivity index (χ0n) is 14.7.